The minimum Gasteiger partial charge on any atom is -0.480 e. The Balaban J connectivity index is 0.00000118. The predicted molar refractivity (Wildman–Crippen MR) is 122 cm³/mol. The Morgan fingerprint density at radius 1 is 1.09 bits per heavy atom. The summed E-state index contributed by atoms with van der Waals surface area (Å²) in [5.74, 6) is -1.24. The number of imidazole rings is 1. The Morgan fingerprint density at radius 2 is 1.59 bits per heavy atom. The molecule has 0 aliphatic rings. The first-order valence-corrected chi connectivity index (χ1v) is 10.8. The molecule has 0 radical (unpaired) electrons. The van der Waals surface area contributed by atoms with E-state index in [0.29, 0.717) is 5.69 Å². The molecule has 32 heavy (non-hydrogen) atoms. The number of carboxylic acid groups (broad SMARTS) is 1. The Morgan fingerprint density at radius 3 is 1.97 bits per heavy atom. The molecule has 1 rings (SSSR count). The van der Waals surface area contributed by atoms with Gasteiger partial charge < -0.3 is 24.8 Å². The van der Waals surface area contributed by atoms with Crippen molar-refractivity contribution >= 4 is 18.2 Å². The van der Waals surface area contributed by atoms with Crippen molar-refractivity contribution in [1.82, 2.24) is 19.8 Å². The number of alkyl carbamates (subject to hydrolysis) is 1. The number of aromatic nitrogens is 2. The van der Waals surface area contributed by atoms with Crippen molar-refractivity contribution in [2.45, 2.75) is 86.0 Å². The Kier molecular flexibility index (Phi) is 12.0. The van der Waals surface area contributed by atoms with Crippen LogP contribution in [0.15, 0.2) is 12.5 Å². The standard InChI is InChI=1S/C16H25N3O6.C6H15N/c1-15(2,3)24-13(22)18-11(12(20)21)7-10-8-19(9-17-10)14(23)25-16(4,5)6;1-4-7(5-2)6-3/h8-9,11H,7H2,1-6H3,(H,18,22)(H,20,21);4-6H2,1-3H3/t11-;/m0./s1/i20+2,21+2;. The number of carboxylic acids is 1. The highest BCUT2D eigenvalue weighted by molar-refractivity contribution is 5.80. The van der Waals surface area contributed by atoms with Crippen LogP contribution in [0, 0.1) is 0 Å². The van der Waals surface area contributed by atoms with E-state index in [9.17, 15) is 19.5 Å². The van der Waals surface area contributed by atoms with Gasteiger partial charge in [0.1, 0.15) is 23.6 Å². The number of amides is 1. The molecule has 1 heterocycles. The molecule has 0 spiro atoms. The number of aliphatic carboxylic acids is 1. The largest absolute Gasteiger partial charge is 0.480 e. The van der Waals surface area contributed by atoms with Gasteiger partial charge in [0, 0.05) is 12.6 Å². The average Bonchev–Trinajstić information content (AvgIpc) is 3.09. The summed E-state index contributed by atoms with van der Waals surface area (Å²) in [6, 6.07) is -1.24. The molecule has 1 amide bonds. The van der Waals surface area contributed by atoms with E-state index in [1.807, 2.05) is 0 Å². The summed E-state index contributed by atoms with van der Waals surface area (Å²) in [5.41, 5.74) is -1.09. The Bertz CT molecular complexity index is 724. The molecule has 10 nitrogen and oxygen atoms in total. The van der Waals surface area contributed by atoms with E-state index < -0.39 is 35.4 Å². The zero-order valence-corrected chi connectivity index (χ0v) is 20.9. The maximum absolute atomic E-state index is 11.9. The molecule has 1 aromatic rings. The summed E-state index contributed by atoms with van der Waals surface area (Å²) in [6.07, 6.45) is 1.02. The lowest BCUT2D eigenvalue weighted by Crippen LogP contribution is -2.44. The van der Waals surface area contributed by atoms with E-state index in [-0.39, 0.29) is 6.42 Å². The van der Waals surface area contributed by atoms with Gasteiger partial charge in [0.15, 0.2) is 0 Å². The van der Waals surface area contributed by atoms with Gasteiger partial charge in [-0.1, -0.05) is 20.8 Å². The normalized spacial score (nSPS) is 12.4. The molecule has 1 atom stereocenters. The second kappa shape index (κ2) is 13.0. The third-order valence-electron chi connectivity index (χ3n) is 3.98. The third-order valence-corrected chi connectivity index (χ3v) is 3.98. The summed E-state index contributed by atoms with van der Waals surface area (Å²) >= 11 is 0. The summed E-state index contributed by atoms with van der Waals surface area (Å²) in [7, 11) is 0. The molecule has 184 valence electrons. The minimum absolute atomic E-state index is 0.107. The van der Waals surface area contributed by atoms with Crippen molar-refractivity contribution in [3.8, 4) is 0 Å². The summed E-state index contributed by atoms with van der Waals surface area (Å²) in [6.45, 7) is 20.3. The summed E-state index contributed by atoms with van der Waals surface area (Å²) in [4.78, 5) is 41.3. The van der Waals surface area contributed by atoms with Crippen LogP contribution in [0.3, 0.4) is 0 Å². The molecule has 10 heteroatoms. The van der Waals surface area contributed by atoms with Crippen molar-refractivity contribution in [1.29, 1.82) is 0 Å². The van der Waals surface area contributed by atoms with Crippen LogP contribution in [0.25, 0.3) is 0 Å². The van der Waals surface area contributed by atoms with Crippen molar-refractivity contribution in [3.05, 3.63) is 18.2 Å². The molecule has 1 aromatic heterocycles. The number of ether oxygens (including phenoxy) is 2. The molecule has 0 aliphatic carbocycles. The summed E-state index contributed by atoms with van der Waals surface area (Å²) < 4.78 is 11.3. The highest BCUT2D eigenvalue weighted by Gasteiger charge is 2.25. The molecular formula is C22H40N4O6. The van der Waals surface area contributed by atoms with E-state index in [1.54, 1.807) is 41.5 Å². The molecule has 2 N–H and O–H groups in total. The van der Waals surface area contributed by atoms with Crippen molar-refractivity contribution in [2.75, 3.05) is 19.6 Å². The number of nitrogens with zero attached hydrogens (tertiary/aromatic N) is 3. The van der Waals surface area contributed by atoms with E-state index in [0.717, 1.165) is 4.57 Å². The number of hydrogen-bond acceptors (Lipinski definition) is 7. The van der Waals surface area contributed by atoms with Crippen LogP contribution in [0.4, 0.5) is 9.59 Å². The number of carbonyl (C=O) groups is 3. The summed E-state index contributed by atoms with van der Waals surface area (Å²) in [5, 5.41) is 11.5. The highest BCUT2D eigenvalue weighted by atomic mass is 18.2. The van der Waals surface area contributed by atoms with Crippen LogP contribution in [-0.4, -0.2) is 74.6 Å². The van der Waals surface area contributed by atoms with Crippen LogP contribution in [0.5, 0.6) is 0 Å². The van der Waals surface area contributed by atoms with Crippen LogP contribution < -0.4 is 5.32 Å². The van der Waals surface area contributed by atoms with Gasteiger partial charge in [-0.3, -0.25) is 0 Å². The van der Waals surface area contributed by atoms with Gasteiger partial charge in [-0.05, 0) is 61.2 Å². The second-order valence-electron chi connectivity index (χ2n) is 9.11. The van der Waals surface area contributed by atoms with Crippen LogP contribution in [0.1, 0.15) is 68.0 Å². The van der Waals surface area contributed by atoms with Gasteiger partial charge in [-0.2, -0.15) is 0 Å². The quantitative estimate of drug-likeness (QED) is 0.592. The van der Waals surface area contributed by atoms with E-state index in [1.165, 1.54) is 32.2 Å². The average molecular weight is 461 g/mol. The van der Waals surface area contributed by atoms with Crippen molar-refractivity contribution < 1.29 is 29.0 Å². The fourth-order valence-electron chi connectivity index (χ4n) is 2.41. The molecule has 0 fully saturated rings. The number of rotatable bonds is 7. The SMILES string of the molecule is CC(C)(C)OC(=O)N[C@@H](Cc1cn(C(=O)OC(C)(C)C)cn1)C(=[18O])[18OH].CCN(CC)CC. The zero-order chi connectivity index (χ0) is 25.1. The molecule has 0 unspecified atom stereocenters. The smallest absolute Gasteiger partial charge is 0.419 e. The van der Waals surface area contributed by atoms with Gasteiger partial charge in [-0.15, -0.1) is 0 Å². The van der Waals surface area contributed by atoms with Crippen molar-refractivity contribution in [3.63, 3.8) is 0 Å². The maximum Gasteiger partial charge on any atom is 0.419 e. The van der Waals surface area contributed by atoms with Crippen LogP contribution in [0.2, 0.25) is 0 Å². The Labute approximate surface area is 191 Å². The number of nitrogens with one attached hydrogen (secondary N) is 1. The van der Waals surface area contributed by atoms with Crippen LogP contribution in [-0.2, 0) is 20.7 Å². The van der Waals surface area contributed by atoms with Gasteiger partial charge in [-0.25, -0.2) is 23.9 Å². The van der Waals surface area contributed by atoms with E-state index >= 15 is 0 Å². The van der Waals surface area contributed by atoms with Gasteiger partial charge in [0.2, 0.25) is 0 Å². The number of carbonyl (C=O) groups excluding carboxylic acids is 2. The van der Waals surface area contributed by atoms with E-state index in [4.69, 9.17) is 9.47 Å². The minimum atomic E-state index is -1.24. The van der Waals surface area contributed by atoms with E-state index in [2.05, 4.69) is 36.0 Å². The predicted octanol–water partition coefficient (Wildman–Crippen LogP) is 3.53. The first kappa shape index (κ1) is 29.4. The van der Waals surface area contributed by atoms with Gasteiger partial charge in [0.05, 0.1) is 5.69 Å². The lowest BCUT2D eigenvalue weighted by Gasteiger charge is -2.21. The first-order valence-electron chi connectivity index (χ1n) is 10.8. The maximum atomic E-state index is 11.9. The number of hydrogen-bond donors (Lipinski definition) is 2. The van der Waals surface area contributed by atoms with Crippen molar-refractivity contribution in [2.24, 2.45) is 0 Å². The fraction of sp³-hybridized carbons (Fsp3) is 0.727. The highest BCUT2D eigenvalue weighted by Crippen LogP contribution is 2.11. The van der Waals surface area contributed by atoms with Gasteiger partial charge in [0.25, 0.3) is 0 Å². The van der Waals surface area contributed by atoms with Gasteiger partial charge >= 0.3 is 18.2 Å². The molecule has 0 saturated carbocycles. The first-order chi connectivity index (χ1) is 14.6. The fourth-order valence-corrected chi connectivity index (χ4v) is 2.41. The molecule has 0 bridgehead atoms. The third kappa shape index (κ3) is 12.9. The molecule has 0 aromatic carbocycles. The molecule has 0 saturated heterocycles. The second-order valence-corrected chi connectivity index (χ2v) is 9.11. The topological polar surface area (TPSA) is 123 Å². The molecule has 0 aliphatic heterocycles. The zero-order valence-electron chi connectivity index (χ0n) is 20.9. The Hall–Kier alpha value is -2.62. The monoisotopic (exact) mass is 460 g/mol. The lowest BCUT2D eigenvalue weighted by molar-refractivity contribution is -0.139. The lowest BCUT2D eigenvalue weighted by atomic mass is 10.2. The molecular weight excluding hydrogens is 420 g/mol. The van der Waals surface area contributed by atoms with Crippen LogP contribution >= 0.6 is 0 Å².